The van der Waals surface area contributed by atoms with E-state index in [0.29, 0.717) is 39.1 Å². The van der Waals surface area contributed by atoms with Crippen LogP contribution in [-0.2, 0) is 14.4 Å². The van der Waals surface area contributed by atoms with Crippen molar-refractivity contribution in [3.8, 4) is 0 Å². The predicted molar refractivity (Wildman–Crippen MR) is 122 cm³/mol. The van der Waals surface area contributed by atoms with E-state index >= 15 is 0 Å². The smallest absolute Gasteiger partial charge is 0.282 e. The largest absolute Gasteiger partial charge is 0.366 e. The van der Waals surface area contributed by atoms with Gasteiger partial charge in [-0.1, -0.05) is 30.7 Å². The Kier molecular flexibility index (Phi) is 5.83. The topological polar surface area (TPSA) is 69.7 Å². The SMILES string of the molecule is CC(=O)Nc1ccc(C2=C(N3CCC(C)CC3)C(=O)N(c3ccc(Cl)cc3)C2=O)cc1. The second kappa shape index (κ2) is 8.55. The number of piperidine rings is 1. The molecule has 1 N–H and O–H groups in total. The van der Waals surface area contributed by atoms with E-state index < -0.39 is 0 Å². The number of anilines is 2. The third-order valence-electron chi connectivity index (χ3n) is 5.74. The number of halogens is 1. The Labute approximate surface area is 186 Å². The zero-order valence-electron chi connectivity index (χ0n) is 17.5. The fraction of sp³-hybridized carbons (Fsp3) is 0.292. The van der Waals surface area contributed by atoms with Gasteiger partial charge in [-0.25, -0.2) is 4.90 Å². The van der Waals surface area contributed by atoms with E-state index in [1.54, 1.807) is 48.5 Å². The maximum absolute atomic E-state index is 13.5. The number of benzene rings is 2. The second-order valence-electron chi connectivity index (χ2n) is 8.07. The molecule has 0 aliphatic carbocycles. The molecule has 2 aromatic carbocycles. The van der Waals surface area contributed by atoms with E-state index in [-0.39, 0.29) is 17.7 Å². The summed E-state index contributed by atoms with van der Waals surface area (Å²) in [5.41, 5.74) is 2.62. The van der Waals surface area contributed by atoms with Gasteiger partial charge in [-0.3, -0.25) is 14.4 Å². The van der Waals surface area contributed by atoms with Crippen LogP contribution in [0.3, 0.4) is 0 Å². The molecule has 0 spiro atoms. The van der Waals surface area contributed by atoms with Crippen molar-refractivity contribution < 1.29 is 14.4 Å². The number of hydrogen-bond acceptors (Lipinski definition) is 4. The summed E-state index contributed by atoms with van der Waals surface area (Å²) in [7, 11) is 0. The molecule has 1 saturated heterocycles. The quantitative estimate of drug-likeness (QED) is 0.723. The number of rotatable bonds is 4. The minimum Gasteiger partial charge on any atom is -0.366 e. The molecule has 0 aromatic heterocycles. The zero-order chi connectivity index (χ0) is 22.1. The normalized spacial score (nSPS) is 17.5. The van der Waals surface area contributed by atoms with Crippen LogP contribution in [0.4, 0.5) is 11.4 Å². The molecule has 0 bridgehead atoms. The summed E-state index contributed by atoms with van der Waals surface area (Å²) in [6.07, 6.45) is 1.95. The fourth-order valence-corrected chi connectivity index (χ4v) is 4.18. The lowest BCUT2D eigenvalue weighted by Gasteiger charge is -2.32. The number of carbonyl (C=O) groups excluding carboxylic acids is 3. The molecule has 1 fully saturated rings. The predicted octanol–water partition coefficient (Wildman–Crippen LogP) is 4.31. The summed E-state index contributed by atoms with van der Waals surface area (Å²) >= 11 is 5.99. The maximum Gasteiger partial charge on any atom is 0.282 e. The first-order valence-electron chi connectivity index (χ1n) is 10.4. The van der Waals surface area contributed by atoms with Crippen molar-refractivity contribution in [1.82, 2.24) is 4.90 Å². The van der Waals surface area contributed by atoms with Gasteiger partial charge in [0.15, 0.2) is 0 Å². The van der Waals surface area contributed by atoms with Crippen LogP contribution in [0.1, 0.15) is 32.3 Å². The number of hydrogen-bond donors (Lipinski definition) is 1. The Morgan fingerprint density at radius 2 is 1.58 bits per heavy atom. The molecule has 0 unspecified atom stereocenters. The summed E-state index contributed by atoms with van der Waals surface area (Å²) in [6, 6.07) is 13.7. The van der Waals surface area contributed by atoms with Gasteiger partial charge >= 0.3 is 0 Å². The zero-order valence-corrected chi connectivity index (χ0v) is 18.3. The van der Waals surface area contributed by atoms with Gasteiger partial charge in [0.25, 0.3) is 11.8 Å². The van der Waals surface area contributed by atoms with Crippen molar-refractivity contribution in [3.05, 3.63) is 64.8 Å². The minimum atomic E-state index is -0.353. The molecule has 3 amide bonds. The van der Waals surface area contributed by atoms with Gasteiger partial charge in [-0.05, 0) is 60.7 Å². The first kappa shape index (κ1) is 21.1. The average molecular weight is 438 g/mol. The number of imide groups is 1. The second-order valence-corrected chi connectivity index (χ2v) is 8.51. The number of nitrogens with zero attached hydrogens (tertiary/aromatic N) is 2. The van der Waals surface area contributed by atoms with Crippen LogP contribution in [0.25, 0.3) is 5.57 Å². The van der Waals surface area contributed by atoms with Gasteiger partial charge in [0.1, 0.15) is 5.70 Å². The highest BCUT2D eigenvalue weighted by Gasteiger charge is 2.42. The van der Waals surface area contributed by atoms with E-state index in [0.717, 1.165) is 25.9 Å². The Balaban J connectivity index is 1.76. The summed E-state index contributed by atoms with van der Waals surface area (Å²) in [4.78, 5) is 41.6. The summed E-state index contributed by atoms with van der Waals surface area (Å²) in [6.45, 7) is 5.11. The molecule has 4 rings (SSSR count). The molecule has 7 heteroatoms. The number of likely N-dealkylation sites (tertiary alicyclic amines) is 1. The van der Waals surface area contributed by atoms with E-state index in [1.165, 1.54) is 11.8 Å². The lowest BCUT2D eigenvalue weighted by atomic mass is 9.97. The maximum atomic E-state index is 13.5. The van der Waals surface area contributed by atoms with Crippen LogP contribution in [0, 0.1) is 5.92 Å². The highest BCUT2D eigenvalue weighted by Crippen LogP contribution is 2.37. The average Bonchev–Trinajstić information content (AvgIpc) is 3.00. The Hall–Kier alpha value is -3.12. The van der Waals surface area contributed by atoms with Crippen LogP contribution in [-0.4, -0.2) is 35.7 Å². The van der Waals surface area contributed by atoms with Crippen molar-refractivity contribution in [1.29, 1.82) is 0 Å². The summed E-state index contributed by atoms with van der Waals surface area (Å²) < 4.78 is 0. The molecule has 2 aliphatic heterocycles. The molecule has 2 heterocycles. The summed E-state index contributed by atoms with van der Waals surface area (Å²) in [5, 5.41) is 3.26. The van der Waals surface area contributed by atoms with Crippen LogP contribution in [0.5, 0.6) is 0 Å². The summed E-state index contributed by atoms with van der Waals surface area (Å²) in [5.74, 6) is -0.246. The molecular weight excluding hydrogens is 414 g/mol. The first-order chi connectivity index (χ1) is 14.8. The minimum absolute atomic E-state index is 0.170. The van der Waals surface area contributed by atoms with E-state index in [2.05, 4.69) is 12.2 Å². The van der Waals surface area contributed by atoms with Crippen molar-refractivity contribution >= 4 is 46.3 Å². The highest BCUT2D eigenvalue weighted by atomic mass is 35.5. The lowest BCUT2D eigenvalue weighted by Crippen LogP contribution is -2.38. The number of carbonyl (C=O) groups is 3. The number of nitrogens with one attached hydrogen (secondary N) is 1. The van der Waals surface area contributed by atoms with Crippen LogP contribution >= 0.6 is 11.6 Å². The van der Waals surface area contributed by atoms with Gasteiger partial charge in [0.05, 0.1) is 11.3 Å². The van der Waals surface area contributed by atoms with Crippen molar-refractivity contribution in [3.63, 3.8) is 0 Å². The van der Waals surface area contributed by atoms with E-state index in [4.69, 9.17) is 11.6 Å². The van der Waals surface area contributed by atoms with E-state index in [1.807, 2.05) is 4.90 Å². The van der Waals surface area contributed by atoms with Gasteiger partial charge in [-0.2, -0.15) is 0 Å². The van der Waals surface area contributed by atoms with Gasteiger partial charge in [0.2, 0.25) is 5.91 Å². The van der Waals surface area contributed by atoms with Crippen LogP contribution in [0.2, 0.25) is 5.02 Å². The molecule has 0 saturated carbocycles. The third kappa shape index (κ3) is 4.21. The lowest BCUT2D eigenvalue weighted by molar-refractivity contribution is -0.121. The van der Waals surface area contributed by atoms with E-state index in [9.17, 15) is 14.4 Å². The molecule has 2 aliphatic rings. The first-order valence-corrected chi connectivity index (χ1v) is 10.7. The molecule has 2 aromatic rings. The molecule has 160 valence electrons. The highest BCUT2D eigenvalue weighted by molar-refractivity contribution is 6.45. The van der Waals surface area contributed by atoms with Crippen LogP contribution < -0.4 is 10.2 Å². The molecule has 0 radical (unpaired) electrons. The standard InChI is InChI=1S/C24H24ClN3O3/c1-15-11-13-27(14-12-15)22-21(17-3-7-19(8-4-17)26-16(2)29)23(30)28(24(22)31)20-9-5-18(25)6-10-20/h3-10,15H,11-14H2,1-2H3,(H,26,29). The van der Waals surface area contributed by atoms with Crippen molar-refractivity contribution in [2.24, 2.45) is 5.92 Å². The van der Waals surface area contributed by atoms with Crippen molar-refractivity contribution in [2.45, 2.75) is 26.7 Å². The van der Waals surface area contributed by atoms with Gasteiger partial charge < -0.3 is 10.2 Å². The number of amides is 3. The Morgan fingerprint density at radius 3 is 2.16 bits per heavy atom. The van der Waals surface area contributed by atoms with Gasteiger partial charge in [-0.15, -0.1) is 0 Å². The fourth-order valence-electron chi connectivity index (χ4n) is 4.05. The van der Waals surface area contributed by atoms with Crippen molar-refractivity contribution in [2.75, 3.05) is 23.3 Å². The third-order valence-corrected chi connectivity index (χ3v) is 5.99. The Bertz CT molecular complexity index is 1050. The van der Waals surface area contributed by atoms with Crippen LogP contribution in [0.15, 0.2) is 54.2 Å². The molecule has 31 heavy (non-hydrogen) atoms. The Morgan fingerprint density at radius 1 is 0.968 bits per heavy atom. The molecule has 0 atom stereocenters. The molecular formula is C24H24ClN3O3. The molecule has 6 nitrogen and oxygen atoms in total. The van der Waals surface area contributed by atoms with Gasteiger partial charge in [0, 0.05) is 30.7 Å². The monoisotopic (exact) mass is 437 g/mol.